The van der Waals surface area contributed by atoms with Crippen LogP contribution in [0.15, 0.2) is 0 Å². The first-order chi connectivity index (χ1) is 5.80. The Bertz CT molecular complexity index is 177. The summed E-state index contributed by atoms with van der Waals surface area (Å²) in [7, 11) is 0. The molecule has 1 unspecified atom stereocenters. The molecular weight excluding hydrogens is 186 g/mol. The highest BCUT2D eigenvalue weighted by Gasteiger charge is 2.30. The molecule has 1 atom stereocenters. The second-order valence-corrected chi connectivity index (χ2v) is 5.04. The van der Waals surface area contributed by atoms with Crippen molar-refractivity contribution in [2.45, 2.75) is 39.3 Å². The minimum Gasteiger partial charge on any atom is -0.465 e. The summed E-state index contributed by atoms with van der Waals surface area (Å²) < 4.78 is 0. The lowest BCUT2D eigenvalue weighted by Gasteiger charge is -2.37. The van der Waals surface area contributed by atoms with Crippen LogP contribution in [-0.4, -0.2) is 39.7 Å². The summed E-state index contributed by atoms with van der Waals surface area (Å²) in [5, 5.41) is 9.02. The van der Waals surface area contributed by atoms with Crippen LogP contribution in [0.3, 0.4) is 0 Å². The van der Waals surface area contributed by atoms with Crippen LogP contribution in [0.25, 0.3) is 0 Å². The maximum Gasteiger partial charge on any atom is 0.407 e. The SMILES string of the molecule is CSCC(C)N(C(=O)O)C(C)(C)C. The van der Waals surface area contributed by atoms with E-state index in [9.17, 15) is 4.79 Å². The molecule has 0 heterocycles. The minimum absolute atomic E-state index is 0.0625. The number of thioether (sulfide) groups is 1. The third kappa shape index (κ3) is 3.89. The van der Waals surface area contributed by atoms with Crippen LogP contribution in [0.1, 0.15) is 27.7 Å². The van der Waals surface area contributed by atoms with Gasteiger partial charge in [0.25, 0.3) is 0 Å². The van der Waals surface area contributed by atoms with Crippen LogP contribution < -0.4 is 0 Å². The molecule has 0 saturated heterocycles. The Labute approximate surface area is 84.5 Å². The summed E-state index contributed by atoms with van der Waals surface area (Å²) in [6, 6.07) is 0.0625. The molecule has 0 bridgehead atoms. The van der Waals surface area contributed by atoms with Crippen LogP contribution in [0, 0.1) is 0 Å². The summed E-state index contributed by atoms with van der Waals surface area (Å²) >= 11 is 1.67. The second-order valence-electron chi connectivity index (χ2n) is 4.13. The van der Waals surface area contributed by atoms with E-state index in [1.54, 1.807) is 11.8 Å². The van der Waals surface area contributed by atoms with Gasteiger partial charge >= 0.3 is 6.09 Å². The normalized spacial score (nSPS) is 13.9. The summed E-state index contributed by atoms with van der Waals surface area (Å²) in [4.78, 5) is 12.5. The lowest BCUT2D eigenvalue weighted by molar-refractivity contribution is 0.0820. The van der Waals surface area contributed by atoms with Crippen molar-refractivity contribution in [3.05, 3.63) is 0 Å². The smallest absolute Gasteiger partial charge is 0.407 e. The average molecular weight is 205 g/mol. The monoisotopic (exact) mass is 205 g/mol. The molecule has 0 aliphatic rings. The van der Waals surface area contributed by atoms with E-state index in [2.05, 4.69) is 0 Å². The number of hydrogen-bond acceptors (Lipinski definition) is 2. The fourth-order valence-corrected chi connectivity index (χ4v) is 2.08. The van der Waals surface area contributed by atoms with E-state index < -0.39 is 6.09 Å². The predicted octanol–water partition coefficient (Wildman–Crippen LogP) is 2.52. The van der Waals surface area contributed by atoms with E-state index in [0.717, 1.165) is 5.75 Å². The average Bonchev–Trinajstić information content (AvgIpc) is 1.82. The van der Waals surface area contributed by atoms with Gasteiger partial charge < -0.3 is 5.11 Å². The molecule has 0 aliphatic heterocycles. The van der Waals surface area contributed by atoms with Gasteiger partial charge in [0.05, 0.1) is 0 Å². The summed E-state index contributed by atoms with van der Waals surface area (Å²) in [6.07, 6.45) is 1.15. The quantitative estimate of drug-likeness (QED) is 0.769. The standard InChI is InChI=1S/C9H19NO2S/c1-7(6-13-5)10(8(11)12)9(2,3)4/h7H,6H2,1-5H3,(H,11,12). The van der Waals surface area contributed by atoms with Crippen molar-refractivity contribution in [2.24, 2.45) is 0 Å². The third-order valence-electron chi connectivity index (χ3n) is 1.78. The van der Waals surface area contributed by atoms with Gasteiger partial charge in [-0.2, -0.15) is 11.8 Å². The molecule has 0 aromatic rings. The number of hydrogen-bond donors (Lipinski definition) is 1. The van der Waals surface area contributed by atoms with Gasteiger partial charge in [0, 0.05) is 17.3 Å². The van der Waals surface area contributed by atoms with E-state index in [1.807, 2.05) is 34.0 Å². The van der Waals surface area contributed by atoms with Crippen molar-refractivity contribution in [1.82, 2.24) is 4.90 Å². The molecule has 0 aromatic carbocycles. The van der Waals surface area contributed by atoms with E-state index in [1.165, 1.54) is 4.90 Å². The predicted molar refractivity (Wildman–Crippen MR) is 57.5 cm³/mol. The highest BCUT2D eigenvalue weighted by Crippen LogP contribution is 2.18. The van der Waals surface area contributed by atoms with E-state index in [-0.39, 0.29) is 11.6 Å². The molecule has 1 amide bonds. The van der Waals surface area contributed by atoms with Crippen molar-refractivity contribution in [1.29, 1.82) is 0 Å². The first kappa shape index (κ1) is 12.6. The Morgan fingerprint density at radius 3 is 2.23 bits per heavy atom. The Balaban J connectivity index is 4.52. The van der Waals surface area contributed by atoms with Gasteiger partial charge in [-0.1, -0.05) is 0 Å². The molecule has 1 N–H and O–H groups in total. The summed E-state index contributed by atoms with van der Waals surface area (Å²) in [5.41, 5.74) is -0.318. The molecule has 0 spiro atoms. The molecule has 0 aromatic heterocycles. The van der Waals surface area contributed by atoms with E-state index in [4.69, 9.17) is 5.11 Å². The molecule has 0 aliphatic carbocycles. The van der Waals surface area contributed by atoms with Gasteiger partial charge in [0.15, 0.2) is 0 Å². The molecule has 0 rings (SSSR count). The Morgan fingerprint density at radius 1 is 1.54 bits per heavy atom. The van der Waals surface area contributed by atoms with Crippen molar-refractivity contribution in [3.8, 4) is 0 Å². The van der Waals surface area contributed by atoms with Gasteiger partial charge in [-0.15, -0.1) is 0 Å². The number of amides is 1. The van der Waals surface area contributed by atoms with Gasteiger partial charge in [-0.05, 0) is 34.0 Å². The van der Waals surface area contributed by atoms with Gasteiger partial charge in [-0.25, -0.2) is 4.79 Å². The number of rotatable bonds is 3. The second kappa shape index (κ2) is 4.74. The van der Waals surface area contributed by atoms with Crippen molar-refractivity contribution in [2.75, 3.05) is 12.0 Å². The van der Waals surface area contributed by atoms with Crippen molar-refractivity contribution in [3.63, 3.8) is 0 Å². The molecule has 0 saturated carbocycles. The zero-order chi connectivity index (χ0) is 10.6. The number of carbonyl (C=O) groups is 1. The Kier molecular flexibility index (Phi) is 4.61. The van der Waals surface area contributed by atoms with E-state index in [0.29, 0.717) is 0 Å². The summed E-state index contributed by atoms with van der Waals surface area (Å²) in [5.74, 6) is 0.837. The lowest BCUT2D eigenvalue weighted by Crippen LogP contribution is -2.50. The van der Waals surface area contributed by atoms with Gasteiger partial charge in [0.1, 0.15) is 0 Å². The van der Waals surface area contributed by atoms with Crippen LogP contribution >= 0.6 is 11.8 Å². The van der Waals surface area contributed by atoms with Crippen LogP contribution in [-0.2, 0) is 0 Å². The van der Waals surface area contributed by atoms with Crippen LogP contribution in [0.2, 0.25) is 0 Å². The maximum absolute atomic E-state index is 11.0. The zero-order valence-electron chi connectivity index (χ0n) is 9.00. The minimum atomic E-state index is -0.839. The molecule has 0 radical (unpaired) electrons. The Morgan fingerprint density at radius 2 is 2.00 bits per heavy atom. The molecular formula is C9H19NO2S. The van der Waals surface area contributed by atoms with Gasteiger partial charge in [-0.3, -0.25) is 4.90 Å². The van der Waals surface area contributed by atoms with Crippen molar-refractivity contribution < 1.29 is 9.90 Å². The number of carboxylic acid groups (broad SMARTS) is 1. The maximum atomic E-state index is 11.0. The van der Waals surface area contributed by atoms with E-state index >= 15 is 0 Å². The Hall–Kier alpha value is -0.380. The fourth-order valence-electron chi connectivity index (χ4n) is 1.45. The summed E-state index contributed by atoms with van der Waals surface area (Å²) in [6.45, 7) is 7.68. The largest absolute Gasteiger partial charge is 0.465 e. The topological polar surface area (TPSA) is 40.5 Å². The molecule has 3 nitrogen and oxygen atoms in total. The molecule has 4 heteroatoms. The first-order valence-electron chi connectivity index (χ1n) is 4.32. The lowest BCUT2D eigenvalue weighted by atomic mass is 10.0. The van der Waals surface area contributed by atoms with Gasteiger partial charge in [0.2, 0.25) is 0 Å². The van der Waals surface area contributed by atoms with Crippen LogP contribution in [0.4, 0.5) is 4.79 Å². The third-order valence-corrected chi connectivity index (χ3v) is 2.59. The highest BCUT2D eigenvalue weighted by atomic mass is 32.2. The molecule has 78 valence electrons. The molecule has 13 heavy (non-hydrogen) atoms. The van der Waals surface area contributed by atoms with Crippen LogP contribution in [0.5, 0.6) is 0 Å². The first-order valence-corrected chi connectivity index (χ1v) is 5.71. The molecule has 0 fully saturated rings. The van der Waals surface area contributed by atoms with Crippen molar-refractivity contribution >= 4 is 17.9 Å². The highest BCUT2D eigenvalue weighted by molar-refractivity contribution is 7.98. The zero-order valence-corrected chi connectivity index (χ0v) is 9.81. The number of nitrogens with zero attached hydrogens (tertiary/aromatic N) is 1. The fraction of sp³-hybridized carbons (Fsp3) is 0.889.